The van der Waals surface area contributed by atoms with Gasteiger partial charge in [-0.2, -0.15) is 4.98 Å². The molecule has 3 aromatic rings. The molecule has 0 radical (unpaired) electrons. The van der Waals surface area contributed by atoms with Crippen LogP contribution < -0.4 is 20.3 Å². The van der Waals surface area contributed by atoms with Crippen molar-refractivity contribution >= 4 is 33.6 Å². The lowest BCUT2D eigenvalue weighted by atomic mass is 10.1. The number of nitrogens with zero attached hydrogens (tertiary/aromatic N) is 4. The van der Waals surface area contributed by atoms with Crippen molar-refractivity contribution in [3.63, 3.8) is 0 Å². The van der Waals surface area contributed by atoms with Crippen LogP contribution in [0.25, 0.3) is 0 Å². The first kappa shape index (κ1) is 23.9. The SMILES string of the molecule is Cc1cnc(N[C@H]2CC[C@@H](CNC(=O)c3cccnc3Oc3ccc(Br)cc3)C2)nc1N(C)C. The molecular formula is C25H29BrN6O2. The first-order valence-electron chi connectivity index (χ1n) is 11.3. The van der Waals surface area contributed by atoms with E-state index >= 15 is 0 Å². The number of benzene rings is 1. The minimum Gasteiger partial charge on any atom is -0.438 e. The van der Waals surface area contributed by atoms with Crippen molar-refractivity contribution in [1.82, 2.24) is 20.3 Å². The second-order valence-electron chi connectivity index (χ2n) is 8.74. The Kier molecular flexibility index (Phi) is 7.62. The van der Waals surface area contributed by atoms with Crippen LogP contribution in [0.15, 0.2) is 53.3 Å². The molecule has 8 nitrogen and oxygen atoms in total. The standard InChI is InChI=1S/C25H29BrN6O2/c1-16-14-29-25(31-22(16)32(2)3)30-19-9-6-17(13-19)15-28-23(33)21-5-4-12-27-24(21)34-20-10-7-18(26)8-11-20/h4-5,7-8,10-12,14,17,19H,6,9,13,15H2,1-3H3,(H,28,33)(H,29,30,31)/t17-,19+/m1/s1. The number of aryl methyl sites for hydroxylation is 1. The van der Waals surface area contributed by atoms with E-state index < -0.39 is 0 Å². The van der Waals surface area contributed by atoms with Crippen LogP contribution in [0, 0.1) is 12.8 Å². The lowest BCUT2D eigenvalue weighted by molar-refractivity contribution is 0.0944. The molecule has 0 unspecified atom stereocenters. The highest BCUT2D eigenvalue weighted by Gasteiger charge is 2.26. The molecule has 1 saturated carbocycles. The highest BCUT2D eigenvalue weighted by Crippen LogP contribution is 2.28. The van der Waals surface area contributed by atoms with E-state index in [2.05, 4.69) is 41.5 Å². The monoisotopic (exact) mass is 524 g/mol. The van der Waals surface area contributed by atoms with Gasteiger partial charge in [0, 0.05) is 49.1 Å². The van der Waals surface area contributed by atoms with Gasteiger partial charge in [0.05, 0.1) is 0 Å². The number of carbonyl (C=O) groups is 1. The Hall–Kier alpha value is -3.20. The number of anilines is 2. The molecule has 9 heteroatoms. The summed E-state index contributed by atoms with van der Waals surface area (Å²) in [7, 11) is 3.95. The van der Waals surface area contributed by atoms with E-state index in [1.54, 1.807) is 18.3 Å². The maximum absolute atomic E-state index is 12.9. The Morgan fingerprint density at radius 3 is 2.74 bits per heavy atom. The van der Waals surface area contributed by atoms with Crippen molar-refractivity contribution in [2.75, 3.05) is 30.9 Å². The van der Waals surface area contributed by atoms with Crippen LogP contribution in [0.4, 0.5) is 11.8 Å². The molecule has 1 amide bonds. The Balaban J connectivity index is 1.31. The quantitative estimate of drug-likeness (QED) is 0.436. The summed E-state index contributed by atoms with van der Waals surface area (Å²) in [5.41, 5.74) is 1.46. The number of rotatable bonds is 8. The predicted octanol–water partition coefficient (Wildman–Crippen LogP) is 4.81. The van der Waals surface area contributed by atoms with E-state index in [-0.39, 0.29) is 11.9 Å². The summed E-state index contributed by atoms with van der Waals surface area (Å²) in [4.78, 5) is 28.2. The van der Waals surface area contributed by atoms with Gasteiger partial charge in [0.2, 0.25) is 11.8 Å². The molecule has 0 bridgehead atoms. The van der Waals surface area contributed by atoms with Crippen LogP contribution >= 0.6 is 15.9 Å². The summed E-state index contributed by atoms with van der Waals surface area (Å²) < 4.78 is 6.81. The molecule has 2 heterocycles. The number of nitrogens with one attached hydrogen (secondary N) is 2. The van der Waals surface area contributed by atoms with Crippen LogP contribution in [-0.4, -0.2) is 47.5 Å². The molecule has 1 aromatic carbocycles. The smallest absolute Gasteiger partial charge is 0.256 e. The van der Waals surface area contributed by atoms with Gasteiger partial charge in [0.15, 0.2) is 0 Å². The van der Waals surface area contributed by atoms with Crippen LogP contribution in [0.5, 0.6) is 11.6 Å². The van der Waals surface area contributed by atoms with Crippen molar-refractivity contribution in [2.45, 2.75) is 32.2 Å². The normalized spacial score (nSPS) is 17.3. The third kappa shape index (κ3) is 6.02. The summed E-state index contributed by atoms with van der Waals surface area (Å²) in [6.45, 7) is 2.60. The van der Waals surface area contributed by atoms with Crippen LogP contribution in [0.3, 0.4) is 0 Å². The molecule has 2 aromatic heterocycles. The minimum absolute atomic E-state index is 0.186. The maximum Gasteiger partial charge on any atom is 0.256 e. The summed E-state index contributed by atoms with van der Waals surface area (Å²) in [6, 6.07) is 11.2. The zero-order valence-electron chi connectivity index (χ0n) is 19.6. The number of ether oxygens (including phenoxy) is 1. The third-order valence-corrected chi connectivity index (χ3v) is 6.37. The molecule has 1 aliphatic carbocycles. The number of hydrogen-bond donors (Lipinski definition) is 2. The highest BCUT2D eigenvalue weighted by molar-refractivity contribution is 9.10. The van der Waals surface area contributed by atoms with Crippen LogP contribution in [0.1, 0.15) is 35.2 Å². The van der Waals surface area contributed by atoms with Gasteiger partial charge < -0.3 is 20.3 Å². The molecule has 0 spiro atoms. The van der Waals surface area contributed by atoms with Gasteiger partial charge in [0.25, 0.3) is 5.91 Å². The fourth-order valence-corrected chi connectivity index (χ4v) is 4.39. The van der Waals surface area contributed by atoms with Crippen molar-refractivity contribution in [1.29, 1.82) is 0 Å². The van der Waals surface area contributed by atoms with Gasteiger partial charge in [-0.3, -0.25) is 4.79 Å². The summed E-state index contributed by atoms with van der Waals surface area (Å²) in [5, 5.41) is 6.52. The molecule has 178 valence electrons. The van der Waals surface area contributed by atoms with E-state index in [1.807, 2.05) is 56.4 Å². The fraction of sp³-hybridized carbons (Fsp3) is 0.360. The topological polar surface area (TPSA) is 92.3 Å². The van der Waals surface area contributed by atoms with Gasteiger partial charge in [0.1, 0.15) is 17.1 Å². The van der Waals surface area contributed by atoms with Gasteiger partial charge in [-0.25, -0.2) is 9.97 Å². The van der Waals surface area contributed by atoms with Crippen molar-refractivity contribution in [2.24, 2.45) is 5.92 Å². The molecule has 1 aliphatic rings. The summed E-state index contributed by atoms with van der Waals surface area (Å²) >= 11 is 3.41. The highest BCUT2D eigenvalue weighted by atomic mass is 79.9. The van der Waals surface area contributed by atoms with E-state index in [0.717, 1.165) is 35.1 Å². The van der Waals surface area contributed by atoms with Crippen molar-refractivity contribution in [3.8, 4) is 11.6 Å². The van der Waals surface area contributed by atoms with E-state index in [1.165, 1.54) is 0 Å². The Labute approximate surface area is 208 Å². The van der Waals surface area contributed by atoms with Gasteiger partial charge >= 0.3 is 0 Å². The van der Waals surface area contributed by atoms with Crippen LogP contribution in [0.2, 0.25) is 0 Å². The Bertz CT molecular complexity index is 1140. The molecule has 0 aliphatic heterocycles. The van der Waals surface area contributed by atoms with Crippen molar-refractivity contribution < 1.29 is 9.53 Å². The summed E-state index contributed by atoms with van der Waals surface area (Å²) in [6.07, 6.45) is 6.45. The lowest BCUT2D eigenvalue weighted by Gasteiger charge is -2.18. The second-order valence-corrected chi connectivity index (χ2v) is 9.65. The minimum atomic E-state index is -0.186. The predicted molar refractivity (Wildman–Crippen MR) is 137 cm³/mol. The Morgan fingerprint density at radius 1 is 1.18 bits per heavy atom. The number of halogens is 1. The number of carbonyl (C=O) groups excluding carboxylic acids is 1. The number of amides is 1. The molecule has 34 heavy (non-hydrogen) atoms. The third-order valence-electron chi connectivity index (χ3n) is 5.84. The Morgan fingerprint density at radius 2 is 1.97 bits per heavy atom. The molecule has 1 fully saturated rings. The first-order chi connectivity index (χ1) is 16.4. The van der Waals surface area contributed by atoms with Gasteiger partial charge in [-0.05, 0) is 68.5 Å². The number of pyridine rings is 1. The van der Waals surface area contributed by atoms with Crippen LogP contribution in [-0.2, 0) is 0 Å². The largest absolute Gasteiger partial charge is 0.438 e. The molecular weight excluding hydrogens is 496 g/mol. The zero-order valence-corrected chi connectivity index (χ0v) is 21.2. The van der Waals surface area contributed by atoms with E-state index in [0.29, 0.717) is 35.6 Å². The second kappa shape index (κ2) is 10.8. The number of aromatic nitrogens is 3. The van der Waals surface area contributed by atoms with E-state index in [9.17, 15) is 4.79 Å². The average Bonchev–Trinajstić information content (AvgIpc) is 3.27. The summed E-state index contributed by atoms with van der Waals surface area (Å²) in [5.74, 6) is 2.67. The lowest BCUT2D eigenvalue weighted by Crippen LogP contribution is -2.29. The van der Waals surface area contributed by atoms with Gasteiger partial charge in [-0.15, -0.1) is 0 Å². The maximum atomic E-state index is 12.9. The average molecular weight is 525 g/mol. The molecule has 0 saturated heterocycles. The fourth-order valence-electron chi connectivity index (χ4n) is 4.12. The zero-order chi connectivity index (χ0) is 24.1. The molecule has 2 N–H and O–H groups in total. The first-order valence-corrected chi connectivity index (χ1v) is 12.1. The van der Waals surface area contributed by atoms with Crippen molar-refractivity contribution in [3.05, 3.63) is 64.4 Å². The van der Waals surface area contributed by atoms with Gasteiger partial charge in [-0.1, -0.05) is 15.9 Å². The number of hydrogen-bond acceptors (Lipinski definition) is 7. The van der Waals surface area contributed by atoms with E-state index in [4.69, 9.17) is 4.74 Å². The molecule has 4 rings (SSSR count). The molecule has 2 atom stereocenters.